The summed E-state index contributed by atoms with van der Waals surface area (Å²) in [5.41, 5.74) is 4.64. The molecule has 0 radical (unpaired) electrons. The van der Waals surface area contributed by atoms with Crippen molar-refractivity contribution in [2.45, 2.75) is 20.8 Å². The van der Waals surface area contributed by atoms with Gasteiger partial charge in [0.05, 0.1) is 17.7 Å². The molecule has 0 atom stereocenters. The first-order valence-corrected chi connectivity index (χ1v) is 5.66. The van der Waals surface area contributed by atoms with Gasteiger partial charge >= 0.3 is 0 Å². The fraction of sp³-hybridized carbons (Fsp3) is 0.250. The first kappa shape index (κ1) is 10.4. The first-order valence-electron chi connectivity index (χ1n) is 4.86. The number of rotatable bonds is 1. The van der Waals surface area contributed by atoms with Gasteiger partial charge in [-0.15, -0.1) is 0 Å². The van der Waals surface area contributed by atoms with E-state index in [9.17, 15) is 0 Å². The lowest BCUT2D eigenvalue weighted by molar-refractivity contribution is 0.993. The highest BCUT2D eigenvalue weighted by Gasteiger charge is 2.07. The lowest BCUT2D eigenvalue weighted by Gasteiger charge is -2.08. The summed E-state index contributed by atoms with van der Waals surface area (Å²) in [5.74, 6) is 0. The van der Waals surface area contributed by atoms with E-state index >= 15 is 0 Å². The van der Waals surface area contributed by atoms with Crippen molar-refractivity contribution in [3.63, 3.8) is 0 Å². The summed E-state index contributed by atoms with van der Waals surface area (Å²) in [4.78, 5) is 4.30. The Morgan fingerprint density at radius 2 is 1.93 bits per heavy atom. The van der Waals surface area contributed by atoms with E-state index in [1.165, 1.54) is 11.3 Å². The summed E-state index contributed by atoms with van der Waals surface area (Å²) in [6.45, 7) is 6.18. The standard InChI is InChI=1S/C12H13BrN2/c1-8-4-5-12(11(13)6-8)15-7-14-9(2)10(15)3/h4-7H,1-3H3. The third kappa shape index (κ3) is 1.84. The lowest BCUT2D eigenvalue weighted by atomic mass is 10.2. The van der Waals surface area contributed by atoms with Crippen LogP contribution in [0.15, 0.2) is 29.0 Å². The molecule has 0 fully saturated rings. The van der Waals surface area contributed by atoms with E-state index in [1.807, 2.05) is 13.3 Å². The molecule has 0 aliphatic heterocycles. The zero-order valence-electron chi connectivity index (χ0n) is 9.08. The second-order valence-electron chi connectivity index (χ2n) is 3.74. The summed E-state index contributed by atoms with van der Waals surface area (Å²) in [6, 6.07) is 6.33. The van der Waals surface area contributed by atoms with Crippen LogP contribution in [0.3, 0.4) is 0 Å². The van der Waals surface area contributed by atoms with Gasteiger partial charge in [0.25, 0.3) is 0 Å². The molecular formula is C12H13BrN2. The third-order valence-electron chi connectivity index (χ3n) is 2.61. The SMILES string of the molecule is Cc1ccc(-n2cnc(C)c2C)c(Br)c1. The van der Waals surface area contributed by atoms with E-state index in [0.29, 0.717) is 0 Å². The maximum absolute atomic E-state index is 4.30. The second-order valence-corrected chi connectivity index (χ2v) is 4.59. The van der Waals surface area contributed by atoms with E-state index in [0.717, 1.165) is 15.9 Å². The largest absolute Gasteiger partial charge is 0.302 e. The van der Waals surface area contributed by atoms with Crippen molar-refractivity contribution in [3.8, 4) is 5.69 Å². The maximum atomic E-state index is 4.30. The molecule has 0 N–H and O–H groups in total. The van der Waals surface area contributed by atoms with Crippen molar-refractivity contribution in [2.75, 3.05) is 0 Å². The maximum Gasteiger partial charge on any atom is 0.0997 e. The smallest absolute Gasteiger partial charge is 0.0997 e. The summed E-state index contributed by atoms with van der Waals surface area (Å²) >= 11 is 3.58. The van der Waals surface area contributed by atoms with Crippen LogP contribution in [0, 0.1) is 20.8 Å². The number of hydrogen-bond donors (Lipinski definition) is 0. The van der Waals surface area contributed by atoms with Crippen LogP contribution < -0.4 is 0 Å². The average Bonchev–Trinajstić information content (AvgIpc) is 2.49. The van der Waals surface area contributed by atoms with Crippen LogP contribution in [0.25, 0.3) is 5.69 Å². The van der Waals surface area contributed by atoms with Crippen LogP contribution in [0.2, 0.25) is 0 Å². The molecule has 0 amide bonds. The summed E-state index contributed by atoms with van der Waals surface area (Å²) in [5, 5.41) is 0. The first-order chi connectivity index (χ1) is 7.09. The topological polar surface area (TPSA) is 17.8 Å². The number of halogens is 1. The average molecular weight is 265 g/mol. The van der Waals surface area contributed by atoms with Crippen LogP contribution in [-0.4, -0.2) is 9.55 Å². The molecule has 78 valence electrons. The van der Waals surface area contributed by atoms with Crippen LogP contribution in [0.5, 0.6) is 0 Å². The molecule has 1 heterocycles. The van der Waals surface area contributed by atoms with Crippen LogP contribution >= 0.6 is 15.9 Å². The van der Waals surface area contributed by atoms with Crippen molar-refractivity contribution < 1.29 is 0 Å². The molecule has 0 unspecified atom stereocenters. The highest BCUT2D eigenvalue weighted by molar-refractivity contribution is 9.10. The van der Waals surface area contributed by atoms with Gasteiger partial charge in [-0.05, 0) is 54.4 Å². The lowest BCUT2D eigenvalue weighted by Crippen LogP contribution is -1.96. The zero-order chi connectivity index (χ0) is 11.0. The second kappa shape index (κ2) is 3.81. The van der Waals surface area contributed by atoms with E-state index in [4.69, 9.17) is 0 Å². The fourth-order valence-corrected chi connectivity index (χ4v) is 2.23. The molecule has 0 aliphatic carbocycles. The summed E-state index contributed by atoms with van der Waals surface area (Å²) in [6.07, 6.45) is 1.86. The molecule has 0 aliphatic rings. The molecule has 2 rings (SSSR count). The van der Waals surface area contributed by atoms with Gasteiger partial charge in [-0.25, -0.2) is 4.98 Å². The molecule has 3 heteroatoms. The number of benzene rings is 1. The summed E-state index contributed by atoms with van der Waals surface area (Å²) < 4.78 is 3.20. The molecule has 15 heavy (non-hydrogen) atoms. The van der Waals surface area contributed by atoms with Crippen molar-refractivity contribution in [1.82, 2.24) is 9.55 Å². The molecule has 0 saturated carbocycles. The van der Waals surface area contributed by atoms with Crippen LogP contribution in [0.4, 0.5) is 0 Å². The van der Waals surface area contributed by atoms with E-state index in [2.05, 4.69) is 57.5 Å². The van der Waals surface area contributed by atoms with Gasteiger partial charge in [0.2, 0.25) is 0 Å². The predicted octanol–water partition coefficient (Wildman–Crippen LogP) is 3.56. The zero-order valence-corrected chi connectivity index (χ0v) is 10.7. The highest BCUT2D eigenvalue weighted by atomic mass is 79.9. The molecule has 1 aromatic carbocycles. The molecule has 0 saturated heterocycles. The minimum atomic E-state index is 1.07. The molecule has 1 aromatic heterocycles. The van der Waals surface area contributed by atoms with Crippen LogP contribution in [-0.2, 0) is 0 Å². The molecule has 2 nitrogen and oxygen atoms in total. The third-order valence-corrected chi connectivity index (χ3v) is 3.25. The van der Waals surface area contributed by atoms with E-state index < -0.39 is 0 Å². The summed E-state index contributed by atoms with van der Waals surface area (Å²) in [7, 11) is 0. The molecule has 0 bridgehead atoms. The van der Waals surface area contributed by atoms with Crippen LogP contribution in [0.1, 0.15) is 17.0 Å². The quantitative estimate of drug-likeness (QED) is 0.770. The minimum Gasteiger partial charge on any atom is -0.302 e. The van der Waals surface area contributed by atoms with Crippen molar-refractivity contribution >= 4 is 15.9 Å². The Morgan fingerprint density at radius 3 is 2.47 bits per heavy atom. The van der Waals surface area contributed by atoms with Gasteiger partial charge in [-0.2, -0.15) is 0 Å². The van der Waals surface area contributed by atoms with E-state index in [-0.39, 0.29) is 0 Å². The molecular weight excluding hydrogens is 252 g/mol. The fourth-order valence-electron chi connectivity index (χ4n) is 1.55. The monoisotopic (exact) mass is 264 g/mol. The van der Waals surface area contributed by atoms with Gasteiger partial charge in [0.15, 0.2) is 0 Å². The Kier molecular flexibility index (Phi) is 2.65. The number of imidazole rings is 1. The number of nitrogens with zero attached hydrogens (tertiary/aromatic N) is 2. The van der Waals surface area contributed by atoms with Crippen molar-refractivity contribution in [3.05, 3.63) is 46.0 Å². The Labute approximate surface area is 98.1 Å². The Bertz CT molecular complexity index is 500. The van der Waals surface area contributed by atoms with Crippen molar-refractivity contribution in [1.29, 1.82) is 0 Å². The highest BCUT2D eigenvalue weighted by Crippen LogP contribution is 2.24. The van der Waals surface area contributed by atoms with Crippen molar-refractivity contribution in [2.24, 2.45) is 0 Å². The Balaban J connectivity index is 2.59. The van der Waals surface area contributed by atoms with Gasteiger partial charge in [0.1, 0.15) is 0 Å². The molecule has 0 spiro atoms. The molecule has 2 aromatic rings. The normalized spacial score (nSPS) is 10.7. The number of aryl methyl sites for hydroxylation is 2. The Hall–Kier alpha value is -1.09. The van der Waals surface area contributed by atoms with Gasteiger partial charge < -0.3 is 4.57 Å². The van der Waals surface area contributed by atoms with E-state index in [1.54, 1.807) is 0 Å². The predicted molar refractivity (Wildman–Crippen MR) is 65.5 cm³/mol. The Morgan fingerprint density at radius 1 is 1.20 bits per heavy atom. The number of hydrogen-bond acceptors (Lipinski definition) is 1. The minimum absolute atomic E-state index is 1.07. The van der Waals surface area contributed by atoms with Gasteiger partial charge in [-0.3, -0.25) is 0 Å². The number of aromatic nitrogens is 2. The van der Waals surface area contributed by atoms with Gasteiger partial charge in [0, 0.05) is 10.2 Å². The van der Waals surface area contributed by atoms with Gasteiger partial charge in [-0.1, -0.05) is 6.07 Å².